The van der Waals surface area contributed by atoms with E-state index in [9.17, 15) is 4.79 Å². The smallest absolute Gasteiger partial charge is 0.276 e. The van der Waals surface area contributed by atoms with Crippen LogP contribution in [0.4, 0.5) is 0 Å². The first-order valence-electron chi connectivity index (χ1n) is 6.52. The second-order valence-electron chi connectivity index (χ2n) is 4.56. The lowest BCUT2D eigenvalue weighted by Gasteiger charge is -2.09. The topological polar surface area (TPSA) is 73.8 Å². The fourth-order valence-corrected chi connectivity index (χ4v) is 2.44. The van der Waals surface area contributed by atoms with Crippen molar-refractivity contribution in [1.82, 2.24) is 19.7 Å². The number of rotatable bonds is 3. The molecule has 7 heteroatoms. The molecule has 3 aromatic heterocycles. The number of aryl methyl sites for hydroxylation is 2. The van der Waals surface area contributed by atoms with Crippen LogP contribution in [0.1, 0.15) is 12.6 Å². The van der Waals surface area contributed by atoms with E-state index in [2.05, 4.69) is 15.2 Å². The summed E-state index contributed by atoms with van der Waals surface area (Å²) in [6.07, 6.45) is 3.57. The third-order valence-corrected chi connectivity index (χ3v) is 3.73. The van der Waals surface area contributed by atoms with E-state index in [4.69, 9.17) is 4.42 Å². The van der Waals surface area contributed by atoms with Gasteiger partial charge >= 0.3 is 0 Å². The molecule has 21 heavy (non-hydrogen) atoms. The summed E-state index contributed by atoms with van der Waals surface area (Å²) in [7, 11) is 0. The van der Waals surface area contributed by atoms with Crippen LogP contribution < -0.4 is 5.43 Å². The Hall–Kier alpha value is -2.15. The van der Waals surface area contributed by atoms with E-state index in [1.54, 1.807) is 12.3 Å². The second kappa shape index (κ2) is 5.33. The number of fused-ring (bicyclic) bond motifs is 1. The normalized spacial score (nSPS) is 11.2. The van der Waals surface area contributed by atoms with Crippen LogP contribution in [0.5, 0.6) is 0 Å². The fourth-order valence-electron chi connectivity index (χ4n) is 2.15. The maximum Gasteiger partial charge on any atom is 0.276 e. The van der Waals surface area contributed by atoms with Crippen LogP contribution in [0.15, 0.2) is 32.8 Å². The van der Waals surface area contributed by atoms with Gasteiger partial charge in [0, 0.05) is 18.4 Å². The molecule has 0 aromatic carbocycles. The molecule has 0 saturated carbocycles. The van der Waals surface area contributed by atoms with Gasteiger partial charge in [0.2, 0.25) is 5.43 Å². The molecule has 0 aliphatic rings. The molecule has 3 aromatic rings. The van der Waals surface area contributed by atoms with Gasteiger partial charge in [0.05, 0.1) is 5.39 Å². The van der Waals surface area contributed by atoms with Gasteiger partial charge in [-0.3, -0.25) is 4.79 Å². The molecule has 0 saturated heterocycles. The maximum absolute atomic E-state index is 12.6. The summed E-state index contributed by atoms with van der Waals surface area (Å²) in [6.45, 7) is 4.60. The summed E-state index contributed by atoms with van der Waals surface area (Å²) in [5.41, 5.74) is 1.82. The van der Waals surface area contributed by atoms with Gasteiger partial charge in [0.15, 0.2) is 0 Å². The van der Waals surface area contributed by atoms with E-state index < -0.39 is 0 Å². The Balaban J connectivity index is 2.31. The number of nitrogens with zero attached hydrogens (tertiary/aromatic N) is 4. The van der Waals surface area contributed by atoms with Crippen LogP contribution in [0.2, 0.25) is 0 Å². The van der Waals surface area contributed by atoms with Gasteiger partial charge in [-0.15, -0.1) is 10.2 Å². The van der Waals surface area contributed by atoms with Crippen molar-refractivity contribution in [3.63, 3.8) is 0 Å². The van der Waals surface area contributed by atoms with Crippen LogP contribution in [0.3, 0.4) is 0 Å². The number of hydrogen-bond acceptors (Lipinski definition) is 6. The molecule has 108 valence electrons. The highest BCUT2D eigenvalue weighted by molar-refractivity contribution is 7.98. The highest BCUT2D eigenvalue weighted by Crippen LogP contribution is 2.21. The van der Waals surface area contributed by atoms with Crippen LogP contribution in [0, 0.1) is 6.92 Å². The quantitative estimate of drug-likeness (QED) is 0.692. The molecule has 0 spiro atoms. The van der Waals surface area contributed by atoms with E-state index in [1.807, 2.05) is 30.7 Å². The monoisotopic (exact) mass is 302 g/mol. The third kappa shape index (κ3) is 2.33. The van der Waals surface area contributed by atoms with E-state index >= 15 is 0 Å². The minimum absolute atomic E-state index is 0.140. The predicted octanol–water partition coefficient (Wildman–Crippen LogP) is 2.50. The summed E-state index contributed by atoms with van der Waals surface area (Å²) >= 11 is 1.34. The average Bonchev–Trinajstić information content (AvgIpc) is 2.96. The Morgan fingerprint density at radius 3 is 2.81 bits per heavy atom. The highest BCUT2D eigenvalue weighted by Gasteiger charge is 2.16. The number of thioether (sulfide) groups is 1. The Bertz CT molecular complexity index is 869. The lowest BCUT2D eigenvalue weighted by Crippen LogP contribution is -2.13. The lowest BCUT2D eigenvalue weighted by atomic mass is 10.2. The standard InChI is InChI=1S/C14H14N4O2S/c1-4-18-7-10(13-16-17-14(20-13)21-3)11(19)9-6-5-8(2)15-12(9)18/h5-7H,4H2,1-3H3. The van der Waals surface area contributed by atoms with Gasteiger partial charge < -0.3 is 8.98 Å². The van der Waals surface area contributed by atoms with Crippen LogP contribution in [-0.2, 0) is 6.54 Å². The lowest BCUT2D eigenvalue weighted by molar-refractivity contribution is 0.466. The van der Waals surface area contributed by atoms with Gasteiger partial charge in [0.25, 0.3) is 11.1 Å². The minimum Gasteiger partial charge on any atom is -0.411 e. The number of aromatic nitrogens is 4. The largest absolute Gasteiger partial charge is 0.411 e. The molecule has 0 bridgehead atoms. The minimum atomic E-state index is -0.140. The molecule has 0 aliphatic heterocycles. The van der Waals surface area contributed by atoms with Gasteiger partial charge in [-0.05, 0) is 32.2 Å². The molecule has 0 N–H and O–H groups in total. The molecular weight excluding hydrogens is 288 g/mol. The molecule has 6 nitrogen and oxygen atoms in total. The first kappa shape index (κ1) is 13.8. The van der Waals surface area contributed by atoms with E-state index in [-0.39, 0.29) is 11.3 Å². The van der Waals surface area contributed by atoms with Crippen molar-refractivity contribution >= 4 is 22.8 Å². The summed E-state index contributed by atoms with van der Waals surface area (Å²) in [4.78, 5) is 17.1. The van der Waals surface area contributed by atoms with Crippen molar-refractivity contribution in [2.75, 3.05) is 6.26 Å². The second-order valence-corrected chi connectivity index (χ2v) is 5.32. The molecule has 3 rings (SSSR count). The first-order chi connectivity index (χ1) is 10.1. The first-order valence-corrected chi connectivity index (χ1v) is 7.75. The van der Waals surface area contributed by atoms with E-state index in [1.165, 1.54) is 11.8 Å². The van der Waals surface area contributed by atoms with Crippen LogP contribution >= 0.6 is 11.8 Å². The molecule has 3 heterocycles. The number of hydrogen-bond donors (Lipinski definition) is 0. The average molecular weight is 302 g/mol. The zero-order valence-electron chi connectivity index (χ0n) is 12.0. The van der Waals surface area contributed by atoms with E-state index in [0.29, 0.717) is 28.4 Å². The van der Waals surface area contributed by atoms with Crippen molar-refractivity contribution in [2.24, 2.45) is 0 Å². The van der Waals surface area contributed by atoms with Crippen molar-refractivity contribution in [2.45, 2.75) is 25.6 Å². The summed E-state index contributed by atoms with van der Waals surface area (Å²) < 4.78 is 7.40. The van der Waals surface area contributed by atoms with Crippen molar-refractivity contribution in [3.05, 3.63) is 34.2 Å². The van der Waals surface area contributed by atoms with Gasteiger partial charge in [-0.2, -0.15) is 0 Å². The van der Waals surface area contributed by atoms with Gasteiger partial charge in [-0.25, -0.2) is 4.98 Å². The molecule has 0 unspecified atom stereocenters. The molecule has 0 amide bonds. The Morgan fingerprint density at radius 2 is 2.14 bits per heavy atom. The fraction of sp³-hybridized carbons (Fsp3) is 0.286. The summed E-state index contributed by atoms with van der Waals surface area (Å²) in [5, 5.41) is 8.83. The third-order valence-electron chi connectivity index (χ3n) is 3.21. The Kier molecular flexibility index (Phi) is 3.50. The van der Waals surface area contributed by atoms with Crippen molar-refractivity contribution < 1.29 is 4.42 Å². The SMILES string of the molecule is CCn1cc(-c2nnc(SC)o2)c(=O)c2ccc(C)nc21. The molecular formula is C14H14N4O2S. The maximum atomic E-state index is 12.6. The number of pyridine rings is 2. The Labute approximate surface area is 125 Å². The molecule has 0 radical (unpaired) electrons. The van der Waals surface area contributed by atoms with Crippen molar-refractivity contribution in [1.29, 1.82) is 0 Å². The van der Waals surface area contributed by atoms with E-state index in [0.717, 1.165) is 5.69 Å². The van der Waals surface area contributed by atoms with Crippen LogP contribution in [-0.4, -0.2) is 26.0 Å². The zero-order chi connectivity index (χ0) is 15.0. The summed E-state index contributed by atoms with van der Waals surface area (Å²) in [5.74, 6) is 0.244. The van der Waals surface area contributed by atoms with Gasteiger partial charge in [-0.1, -0.05) is 11.8 Å². The predicted molar refractivity (Wildman–Crippen MR) is 81.5 cm³/mol. The Morgan fingerprint density at radius 1 is 1.33 bits per heavy atom. The molecule has 0 aliphatic carbocycles. The van der Waals surface area contributed by atoms with Crippen molar-refractivity contribution in [3.8, 4) is 11.5 Å². The molecule has 0 fully saturated rings. The van der Waals surface area contributed by atoms with Gasteiger partial charge in [0.1, 0.15) is 11.2 Å². The highest BCUT2D eigenvalue weighted by atomic mass is 32.2. The summed E-state index contributed by atoms with van der Waals surface area (Å²) in [6, 6.07) is 3.62. The zero-order valence-corrected chi connectivity index (χ0v) is 12.8. The van der Waals surface area contributed by atoms with Crippen LogP contribution in [0.25, 0.3) is 22.5 Å². The molecule has 0 atom stereocenters.